The van der Waals surface area contributed by atoms with Gasteiger partial charge in [-0.2, -0.15) is 0 Å². The number of benzene rings is 1. The second-order valence-electron chi connectivity index (χ2n) is 4.93. The second kappa shape index (κ2) is 7.49. The molecule has 1 atom stereocenters. The van der Waals surface area contributed by atoms with Crippen LogP contribution in [0.25, 0.3) is 0 Å². The molecule has 1 aromatic heterocycles. The molecule has 0 saturated heterocycles. The van der Waals surface area contributed by atoms with Gasteiger partial charge >= 0.3 is 0 Å². The Morgan fingerprint density at radius 1 is 1.09 bits per heavy atom. The summed E-state index contributed by atoms with van der Waals surface area (Å²) in [5, 5.41) is 6.56. The summed E-state index contributed by atoms with van der Waals surface area (Å²) in [6.45, 7) is 4.24. The molecule has 0 spiro atoms. The first-order chi connectivity index (χ1) is 10.7. The molecule has 22 heavy (non-hydrogen) atoms. The number of methoxy groups -OCH3 is 2. The Bertz CT molecular complexity index is 619. The molecule has 1 unspecified atom stereocenters. The van der Waals surface area contributed by atoms with Crippen LogP contribution in [-0.4, -0.2) is 30.2 Å². The lowest BCUT2D eigenvalue weighted by atomic mass is 10.2. The first-order valence-electron chi connectivity index (χ1n) is 7.24. The van der Waals surface area contributed by atoms with Crippen LogP contribution in [0.3, 0.4) is 0 Å². The molecule has 0 aliphatic rings. The van der Waals surface area contributed by atoms with Crippen molar-refractivity contribution in [3.05, 3.63) is 30.6 Å². The van der Waals surface area contributed by atoms with Crippen LogP contribution in [0.15, 0.2) is 30.6 Å². The number of nitrogens with one attached hydrogen (secondary N) is 2. The zero-order chi connectivity index (χ0) is 15.9. The molecular formula is C16H22N4O2. The van der Waals surface area contributed by atoms with E-state index in [1.807, 2.05) is 24.3 Å². The van der Waals surface area contributed by atoms with Crippen molar-refractivity contribution in [2.75, 3.05) is 24.9 Å². The molecule has 6 nitrogen and oxygen atoms in total. The predicted octanol–water partition coefficient (Wildman–Crippen LogP) is 3.45. The number of rotatable bonds is 7. The van der Waals surface area contributed by atoms with Gasteiger partial charge in [-0.15, -0.1) is 0 Å². The highest BCUT2D eigenvalue weighted by Gasteiger charge is 2.07. The maximum Gasteiger partial charge on any atom is 0.142 e. The minimum Gasteiger partial charge on any atom is -0.497 e. The summed E-state index contributed by atoms with van der Waals surface area (Å²) >= 11 is 0. The van der Waals surface area contributed by atoms with Crippen molar-refractivity contribution in [2.45, 2.75) is 26.3 Å². The van der Waals surface area contributed by atoms with Gasteiger partial charge in [0.05, 0.1) is 19.9 Å². The van der Waals surface area contributed by atoms with Crippen LogP contribution in [0.2, 0.25) is 0 Å². The van der Waals surface area contributed by atoms with Crippen LogP contribution in [0, 0.1) is 0 Å². The molecule has 118 valence electrons. The Kier molecular flexibility index (Phi) is 5.41. The molecule has 1 aromatic carbocycles. The summed E-state index contributed by atoms with van der Waals surface area (Å²) in [4.78, 5) is 8.47. The van der Waals surface area contributed by atoms with E-state index < -0.39 is 0 Å². The molecule has 0 amide bonds. The van der Waals surface area contributed by atoms with Gasteiger partial charge in [0.15, 0.2) is 0 Å². The molecular weight excluding hydrogens is 280 g/mol. The van der Waals surface area contributed by atoms with E-state index >= 15 is 0 Å². The average Bonchev–Trinajstić information content (AvgIpc) is 2.55. The summed E-state index contributed by atoms with van der Waals surface area (Å²) in [5.74, 6) is 2.94. The second-order valence-corrected chi connectivity index (χ2v) is 4.93. The molecule has 2 N–H and O–H groups in total. The Balaban J connectivity index is 2.21. The van der Waals surface area contributed by atoms with Gasteiger partial charge in [-0.05, 0) is 25.5 Å². The SMILES string of the molecule is CCC(C)Nc1cc(Nc2cc(OC)ccc2OC)ncn1. The number of anilines is 3. The van der Waals surface area contributed by atoms with E-state index in [2.05, 4.69) is 34.4 Å². The van der Waals surface area contributed by atoms with Gasteiger partial charge in [0, 0.05) is 18.2 Å². The Morgan fingerprint density at radius 2 is 1.86 bits per heavy atom. The highest BCUT2D eigenvalue weighted by Crippen LogP contribution is 2.31. The smallest absolute Gasteiger partial charge is 0.142 e. The molecule has 0 saturated carbocycles. The fourth-order valence-corrected chi connectivity index (χ4v) is 1.91. The third kappa shape index (κ3) is 4.00. The highest BCUT2D eigenvalue weighted by molar-refractivity contribution is 5.67. The molecule has 0 bridgehead atoms. The van der Waals surface area contributed by atoms with Crippen molar-refractivity contribution in [1.82, 2.24) is 9.97 Å². The number of aromatic nitrogens is 2. The summed E-state index contributed by atoms with van der Waals surface area (Å²) in [6.07, 6.45) is 2.55. The largest absolute Gasteiger partial charge is 0.497 e. The monoisotopic (exact) mass is 302 g/mol. The number of ether oxygens (including phenoxy) is 2. The van der Waals surface area contributed by atoms with Gasteiger partial charge in [0.2, 0.25) is 0 Å². The normalized spacial score (nSPS) is 11.6. The van der Waals surface area contributed by atoms with E-state index in [9.17, 15) is 0 Å². The highest BCUT2D eigenvalue weighted by atomic mass is 16.5. The molecule has 2 rings (SSSR count). The summed E-state index contributed by atoms with van der Waals surface area (Å²) in [7, 11) is 3.26. The van der Waals surface area contributed by atoms with Crippen molar-refractivity contribution in [3.63, 3.8) is 0 Å². The van der Waals surface area contributed by atoms with E-state index in [1.165, 1.54) is 6.33 Å². The van der Waals surface area contributed by atoms with Crippen molar-refractivity contribution < 1.29 is 9.47 Å². The van der Waals surface area contributed by atoms with Crippen LogP contribution < -0.4 is 20.1 Å². The predicted molar refractivity (Wildman–Crippen MR) is 88.2 cm³/mol. The van der Waals surface area contributed by atoms with Crippen molar-refractivity contribution in [1.29, 1.82) is 0 Å². The van der Waals surface area contributed by atoms with Crippen molar-refractivity contribution in [3.8, 4) is 11.5 Å². The van der Waals surface area contributed by atoms with Gasteiger partial charge < -0.3 is 20.1 Å². The molecule has 1 heterocycles. The fraction of sp³-hybridized carbons (Fsp3) is 0.375. The van der Waals surface area contributed by atoms with Gasteiger partial charge in [-0.3, -0.25) is 0 Å². The molecule has 6 heteroatoms. The topological polar surface area (TPSA) is 68.3 Å². The van der Waals surface area contributed by atoms with Crippen LogP contribution >= 0.6 is 0 Å². The summed E-state index contributed by atoms with van der Waals surface area (Å²) in [5.41, 5.74) is 0.787. The summed E-state index contributed by atoms with van der Waals surface area (Å²) in [6, 6.07) is 7.78. The lowest BCUT2D eigenvalue weighted by Crippen LogP contribution is -2.14. The first kappa shape index (κ1) is 15.9. The number of hydrogen-bond donors (Lipinski definition) is 2. The van der Waals surface area contributed by atoms with Gasteiger partial charge in [-0.1, -0.05) is 6.92 Å². The third-order valence-electron chi connectivity index (χ3n) is 3.34. The molecule has 2 aromatic rings. The lowest BCUT2D eigenvalue weighted by molar-refractivity contribution is 0.405. The zero-order valence-electron chi connectivity index (χ0n) is 13.4. The minimum atomic E-state index is 0.356. The molecule has 0 aliphatic heterocycles. The summed E-state index contributed by atoms with van der Waals surface area (Å²) < 4.78 is 10.6. The zero-order valence-corrected chi connectivity index (χ0v) is 13.4. The molecule has 0 fully saturated rings. The first-order valence-corrected chi connectivity index (χ1v) is 7.24. The van der Waals surface area contributed by atoms with E-state index in [4.69, 9.17) is 9.47 Å². The van der Waals surface area contributed by atoms with E-state index in [0.29, 0.717) is 11.9 Å². The van der Waals surface area contributed by atoms with Gasteiger partial charge in [0.25, 0.3) is 0 Å². The standard InChI is InChI=1S/C16H22N4O2/c1-5-11(2)19-15-9-16(18-10-17-15)20-13-8-12(21-3)6-7-14(13)22-4/h6-11H,5H2,1-4H3,(H2,17,18,19,20). The van der Waals surface area contributed by atoms with E-state index in [0.717, 1.165) is 29.4 Å². The quantitative estimate of drug-likeness (QED) is 0.816. The lowest BCUT2D eigenvalue weighted by Gasteiger charge is -2.14. The Hall–Kier alpha value is -2.50. The maximum atomic E-state index is 5.35. The maximum absolute atomic E-state index is 5.35. The molecule has 0 radical (unpaired) electrons. The minimum absolute atomic E-state index is 0.356. The van der Waals surface area contributed by atoms with Crippen molar-refractivity contribution in [2.24, 2.45) is 0 Å². The van der Waals surface area contributed by atoms with Crippen LogP contribution in [0.1, 0.15) is 20.3 Å². The molecule has 0 aliphatic carbocycles. The van der Waals surface area contributed by atoms with Crippen LogP contribution in [-0.2, 0) is 0 Å². The number of nitrogens with zero attached hydrogens (tertiary/aromatic N) is 2. The van der Waals surface area contributed by atoms with E-state index in [1.54, 1.807) is 14.2 Å². The third-order valence-corrected chi connectivity index (χ3v) is 3.34. The van der Waals surface area contributed by atoms with E-state index in [-0.39, 0.29) is 0 Å². The van der Waals surface area contributed by atoms with Crippen molar-refractivity contribution >= 4 is 17.3 Å². The number of hydrogen-bond acceptors (Lipinski definition) is 6. The average molecular weight is 302 g/mol. The Labute approximate surface area is 130 Å². The van der Waals surface area contributed by atoms with Gasteiger partial charge in [-0.25, -0.2) is 9.97 Å². The van der Waals surface area contributed by atoms with Gasteiger partial charge in [0.1, 0.15) is 29.5 Å². The van der Waals surface area contributed by atoms with Crippen LogP contribution in [0.4, 0.5) is 17.3 Å². The Morgan fingerprint density at radius 3 is 2.55 bits per heavy atom. The van der Waals surface area contributed by atoms with Crippen LogP contribution in [0.5, 0.6) is 11.5 Å². The fourth-order valence-electron chi connectivity index (χ4n) is 1.91.